The van der Waals surface area contributed by atoms with Crippen LogP contribution in [0.2, 0.25) is 0 Å². The summed E-state index contributed by atoms with van der Waals surface area (Å²) in [7, 11) is 0. The fraction of sp³-hybridized carbons (Fsp3) is 0.667. The normalized spacial score (nSPS) is 27.8. The second-order valence-corrected chi connectivity index (χ2v) is 6.88. The lowest BCUT2D eigenvalue weighted by atomic mass is 9.75. The van der Waals surface area contributed by atoms with Crippen molar-refractivity contribution in [3.8, 4) is 0 Å². The summed E-state index contributed by atoms with van der Waals surface area (Å²) in [6.45, 7) is 7.20. The van der Waals surface area contributed by atoms with Gasteiger partial charge in [-0.25, -0.2) is 0 Å². The lowest BCUT2D eigenvalue weighted by Gasteiger charge is -2.37. The first kappa shape index (κ1) is 16.3. The smallest absolute Gasteiger partial charge is 0.102 e. The molecule has 1 aliphatic carbocycles. The van der Waals surface area contributed by atoms with Crippen LogP contribution in [0.1, 0.15) is 51.7 Å². The molecule has 2 rings (SSSR count). The van der Waals surface area contributed by atoms with Crippen LogP contribution in [0.25, 0.3) is 0 Å². The molecule has 0 saturated heterocycles. The lowest BCUT2D eigenvalue weighted by molar-refractivity contribution is -0.0697. The van der Waals surface area contributed by atoms with Crippen LogP contribution in [-0.4, -0.2) is 17.8 Å². The van der Waals surface area contributed by atoms with Crippen molar-refractivity contribution < 1.29 is 9.84 Å². The molecule has 1 aromatic carbocycles. The Morgan fingerprint density at radius 2 is 1.90 bits per heavy atom. The van der Waals surface area contributed by atoms with Gasteiger partial charge in [-0.2, -0.15) is 0 Å². The molecule has 3 N–H and O–H groups in total. The third-order valence-electron chi connectivity index (χ3n) is 4.75. The molecule has 0 radical (unpaired) electrons. The van der Waals surface area contributed by atoms with Crippen LogP contribution in [0.3, 0.4) is 0 Å². The summed E-state index contributed by atoms with van der Waals surface area (Å²) in [6, 6.07) is 7.37. The average molecular weight is 291 g/mol. The topological polar surface area (TPSA) is 55.5 Å². The highest BCUT2D eigenvalue weighted by Crippen LogP contribution is 2.35. The van der Waals surface area contributed by atoms with E-state index in [0.29, 0.717) is 24.1 Å². The summed E-state index contributed by atoms with van der Waals surface area (Å²) < 4.78 is 6.09. The van der Waals surface area contributed by atoms with Crippen LogP contribution in [0.5, 0.6) is 0 Å². The van der Waals surface area contributed by atoms with Gasteiger partial charge in [0, 0.05) is 5.69 Å². The Bertz CT molecular complexity index is 429. The minimum atomic E-state index is -0.573. The molecule has 3 heteroatoms. The van der Waals surface area contributed by atoms with Gasteiger partial charge in [0.2, 0.25) is 0 Å². The van der Waals surface area contributed by atoms with E-state index < -0.39 is 6.10 Å². The number of nitrogen functional groups attached to an aromatic ring is 1. The van der Waals surface area contributed by atoms with Crippen LogP contribution < -0.4 is 5.73 Å². The summed E-state index contributed by atoms with van der Waals surface area (Å²) in [5, 5.41) is 10.3. The van der Waals surface area contributed by atoms with E-state index in [1.54, 1.807) is 0 Å². The van der Waals surface area contributed by atoms with E-state index in [1.807, 2.05) is 24.3 Å². The maximum absolute atomic E-state index is 10.3. The fourth-order valence-corrected chi connectivity index (χ4v) is 3.34. The van der Waals surface area contributed by atoms with Crippen molar-refractivity contribution in [2.45, 2.75) is 52.2 Å². The molecule has 1 fully saturated rings. The summed E-state index contributed by atoms with van der Waals surface area (Å²) in [5.74, 6) is 1.97. The molecule has 0 amide bonds. The van der Waals surface area contributed by atoms with E-state index in [2.05, 4.69) is 20.8 Å². The van der Waals surface area contributed by atoms with Gasteiger partial charge in [-0.1, -0.05) is 39.3 Å². The third-order valence-corrected chi connectivity index (χ3v) is 4.75. The monoisotopic (exact) mass is 291 g/mol. The van der Waals surface area contributed by atoms with Crippen LogP contribution in [0, 0.1) is 17.8 Å². The number of hydrogen-bond acceptors (Lipinski definition) is 3. The predicted molar refractivity (Wildman–Crippen MR) is 86.9 cm³/mol. The second kappa shape index (κ2) is 7.28. The Morgan fingerprint density at radius 3 is 2.52 bits per heavy atom. The first-order chi connectivity index (χ1) is 9.97. The first-order valence-corrected chi connectivity index (χ1v) is 8.12. The Morgan fingerprint density at radius 1 is 1.24 bits per heavy atom. The second-order valence-electron chi connectivity index (χ2n) is 6.88. The molecule has 4 atom stereocenters. The SMILES string of the molecule is CC1CCC(C(C)C)C(OCC(O)c2ccc(N)cc2)C1. The molecule has 21 heavy (non-hydrogen) atoms. The molecule has 3 nitrogen and oxygen atoms in total. The quantitative estimate of drug-likeness (QED) is 0.812. The van der Waals surface area contributed by atoms with Crippen molar-refractivity contribution in [3.05, 3.63) is 29.8 Å². The highest BCUT2D eigenvalue weighted by molar-refractivity contribution is 5.39. The first-order valence-electron chi connectivity index (χ1n) is 8.12. The van der Waals surface area contributed by atoms with Gasteiger partial charge in [0.05, 0.1) is 12.7 Å². The number of hydrogen-bond donors (Lipinski definition) is 2. The van der Waals surface area contributed by atoms with E-state index in [4.69, 9.17) is 10.5 Å². The standard InChI is InChI=1S/C18H29NO2/c1-12(2)16-9-4-13(3)10-18(16)21-11-17(20)14-5-7-15(19)8-6-14/h5-8,12-13,16-18,20H,4,9-11,19H2,1-3H3. The molecule has 1 saturated carbocycles. The van der Waals surface area contributed by atoms with Gasteiger partial charge in [-0.3, -0.25) is 0 Å². The van der Waals surface area contributed by atoms with Gasteiger partial charge in [-0.15, -0.1) is 0 Å². The number of benzene rings is 1. The highest BCUT2D eigenvalue weighted by atomic mass is 16.5. The molecule has 4 unspecified atom stereocenters. The molecule has 118 valence electrons. The Hall–Kier alpha value is -1.06. The predicted octanol–water partition coefficient (Wildman–Crippen LogP) is 3.78. The number of nitrogens with two attached hydrogens (primary N) is 1. The minimum absolute atomic E-state index is 0.275. The Kier molecular flexibility index (Phi) is 5.65. The van der Waals surface area contributed by atoms with E-state index >= 15 is 0 Å². The van der Waals surface area contributed by atoms with E-state index in [1.165, 1.54) is 12.8 Å². The van der Waals surface area contributed by atoms with Crippen LogP contribution in [0.15, 0.2) is 24.3 Å². The number of rotatable bonds is 5. The van der Waals surface area contributed by atoms with E-state index in [9.17, 15) is 5.11 Å². The van der Waals surface area contributed by atoms with E-state index in [-0.39, 0.29) is 6.10 Å². The average Bonchev–Trinajstić information content (AvgIpc) is 2.45. The summed E-state index contributed by atoms with van der Waals surface area (Å²) in [5.41, 5.74) is 7.26. The Balaban J connectivity index is 1.91. The van der Waals surface area contributed by atoms with Crippen molar-refractivity contribution >= 4 is 5.69 Å². The number of aliphatic hydroxyl groups excluding tert-OH is 1. The van der Waals surface area contributed by atoms with Gasteiger partial charge in [0.15, 0.2) is 0 Å². The van der Waals surface area contributed by atoms with Gasteiger partial charge in [-0.05, 0) is 48.3 Å². The molecular weight excluding hydrogens is 262 g/mol. The largest absolute Gasteiger partial charge is 0.399 e. The minimum Gasteiger partial charge on any atom is -0.399 e. The van der Waals surface area contributed by atoms with Gasteiger partial charge in [0.1, 0.15) is 6.10 Å². The van der Waals surface area contributed by atoms with Crippen molar-refractivity contribution in [2.75, 3.05) is 12.3 Å². The van der Waals surface area contributed by atoms with Gasteiger partial charge < -0.3 is 15.6 Å². The van der Waals surface area contributed by atoms with E-state index in [0.717, 1.165) is 17.9 Å². The molecule has 0 aliphatic heterocycles. The third kappa shape index (κ3) is 4.45. The fourth-order valence-electron chi connectivity index (χ4n) is 3.34. The van der Waals surface area contributed by atoms with Crippen LogP contribution in [0.4, 0.5) is 5.69 Å². The highest BCUT2D eigenvalue weighted by Gasteiger charge is 2.31. The summed E-state index contributed by atoms with van der Waals surface area (Å²) in [4.78, 5) is 0. The lowest BCUT2D eigenvalue weighted by Crippen LogP contribution is -2.35. The van der Waals surface area contributed by atoms with Crippen LogP contribution >= 0.6 is 0 Å². The van der Waals surface area contributed by atoms with Crippen molar-refractivity contribution in [1.29, 1.82) is 0 Å². The maximum atomic E-state index is 10.3. The van der Waals surface area contributed by atoms with Crippen LogP contribution in [-0.2, 0) is 4.74 Å². The molecule has 1 aromatic rings. The summed E-state index contributed by atoms with van der Waals surface area (Å²) >= 11 is 0. The van der Waals surface area contributed by atoms with Crippen molar-refractivity contribution in [1.82, 2.24) is 0 Å². The number of anilines is 1. The number of ether oxygens (including phenoxy) is 1. The maximum Gasteiger partial charge on any atom is 0.102 e. The zero-order valence-electron chi connectivity index (χ0n) is 13.5. The number of aliphatic hydroxyl groups is 1. The van der Waals surface area contributed by atoms with Crippen molar-refractivity contribution in [2.24, 2.45) is 17.8 Å². The zero-order valence-corrected chi connectivity index (χ0v) is 13.5. The Labute approximate surface area is 128 Å². The van der Waals surface area contributed by atoms with Gasteiger partial charge in [0.25, 0.3) is 0 Å². The van der Waals surface area contributed by atoms with Crippen molar-refractivity contribution in [3.63, 3.8) is 0 Å². The summed E-state index contributed by atoms with van der Waals surface area (Å²) in [6.07, 6.45) is 3.34. The zero-order chi connectivity index (χ0) is 15.4. The molecule has 0 bridgehead atoms. The molecule has 0 aromatic heterocycles. The molecule has 1 aliphatic rings. The molecular formula is C18H29NO2. The van der Waals surface area contributed by atoms with Gasteiger partial charge >= 0.3 is 0 Å². The molecule has 0 spiro atoms. The molecule has 0 heterocycles.